The van der Waals surface area contributed by atoms with Crippen LogP contribution in [0.5, 0.6) is 0 Å². The third-order valence-corrected chi connectivity index (χ3v) is 6.70. The third-order valence-electron chi connectivity index (χ3n) is 4.85. The number of nitrogens with zero attached hydrogens (tertiary/aromatic N) is 3. The molecule has 1 spiro atoms. The summed E-state index contributed by atoms with van der Waals surface area (Å²) in [4.78, 5) is 38.8. The van der Waals surface area contributed by atoms with Gasteiger partial charge >= 0.3 is 6.03 Å². The van der Waals surface area contributed by atoms with Crippen LogP contribution in [0.1, 0.15) is 47.0 Å². The SMILES string of the molecule is CCSc1nnc(NC(=O)CN2C(=O)N[C@]3(C[C@@H](C)CC(C)(C)C3)C2=O)s1. The van der Waals surface area contributed by atoms with Crippen LogP contribution in [0, 0.1) is 11.3 Å². The Balaban J connectivity index is 1.67. The van der Waals surface area contributed by atoms with Crippen LogP contribution in [-0.4, -0.2) is 50.8 Å². The fraction of sp³-hybridized carbons (Fsp3) is 0.706. The highest BCUT2D eigenvalue weighted by Gasteiger charge is 2.56. The van der Waals surface area contributed by atoms with Gasteiger partial charge in [0, 0.05) is 0 Å². The number of urea groups is 1. The summed E-state index contributed by atoms with van der Waals surface area (Å²) >= 11 is 2.81. The molecule has 1 saturated carbocycles. The van der Waals surface area contributed by atoms with Crippen molar-refractivity contribution in [3.8, 4) is 0 Å². The normalized spacial score (nSPS) is 27.1. The van der Waals surface area contributed by atoms with Gasteiger partial charge in [0.2, 0.25) is 11.0 Å². The fourth-order valence-corrected chi connectivity index (χ4v) is 6.06. The van der Waals surface area contributed by atoms with E-state index in [0.29, 0.717) is 23.9 Å². The largest absolute Gasteiger partial charge is 0.325 e. The first kappa shape index (κ1) is 20.1. The zero-order valence-corrected chi connectivity index (χ0v) is 17.6. The van der Waals surface area contributed by atoms with Crippen molar-refractivity contribution in [3.63, 3.8) is 0 Å². The zero-order chi connectivity index (χ0) is 19.8. The zero-order valence-electron chi connectivity index (χ0n) is 16.0. The predicted octanol–water partition coefficient (Wildman–Crippen LogP) is 2.73. The number of hydrogen-bond donors (Lipinski definition) is 2. The minimum atomic E-state index is -0.897. The molecule has 1 aliphatic heterocycles. The number of aromatic nitrogens is 2. The second-order valence-corrected chi connectivity index (χ2v) is 10.6. The van der Waals surface area contributed by atoms with Gasteiger partial charge in [-0.1, -0.05) is 50.8 Å². The number of carbonyl (C=O) groups excluding carboxylic acids is 3. The molecular formula is C17H25N5O3S2. The molecule has 1 aliphatic carbocycles. The molecule has 2 N–H and O–H groups in total. The molecule has 2 aliphatic rings. The van der Waals surface area contributed by atoms with Crippen molar-refractivity contribution in [2.75, 3.05) is 17.6 Å². The molecule has 2 fully saturated rings. The quantitative estimate of drug-likeness (QED) is 0.439. The molecule has 3 rings (SSSR count). The van der Waals surface area contributed by atoms with Crippen molar-refractivity contribution in [3.05, 3.63) is 0 Å². The monoisotopic (exact) mass is 411 g/mol. The Bertz CT molecular complexity index is 766. The summed E-state index contributed by atoms with van der Waals surface area (Å²) in [5, 5.41) is 13.7. The van der Waals surface area contributed by atoms with Crippen LogP contribution in [0.2, 0.25) is 0 Å². The Morgan fingerprint density at radius 3 is 2.78 bits per heavy atom. The molecule has 1 aromatic rings. The molecule has 0 bridgehead atoms. The molecule has 0 unspecified atom stereocenters. The van der Waals surface area contributed by atoms with Gasteiger partial charge < -0.3 is 5.32 Å². The van der Waals surface area contributed by atoms with Crippen LogP contribution in [-0.2, 0) is 9.59 Å². The highest BCUT2D eigenvalue weighted by molar-refractivity contribution is 8.01. The molecule has 27 heavy (non-hydrogen) atoms. The molecule has 148 valence electrons. The first-order valence-electron chi connectivity index (χ1n) is 9.04. The standard InChI is InChI=1S/C17H25N5O3S2/c1-5-26-15-21-20-13(27-15)18-11(23)8-22-12(24)17(19-14(22)25)7-10(2)6-16(3,4)9-17/h10H,5-9H2,1-4H3,(H,19,25)(H,18,20,23)/t10-,17-/m0/s1. The van der Waals surface area contributed by atoms with Crippen LogP contribution < -0.4 is 10.6 Å². The maximum Gasteiger partial charge on any atom is 0.325 e. The number of rotatable bonds is 5. The van der Waals surface area contributed by atoms with E-state index in [4.69, 9.17) is 0 Å². The van der Waals surface area contributed by atoms with E-state index in [1.165, 1.54) is 23.1 Å². The lowest BCUT2D eigenvalue weighted by Crippen LogP contribution is -2.54. The average Bonchev–Trinajstić information content (AvgIpc) is 3.04. The second kappa shape index (κ2) is 7.38. The number of imide groups is 1. The van der Waals surface area contributed by atoms with Crippen LogP contribution in [0.4, 0.5) is 9.93 Å². The summed E-state index contributed by atoms with van der Waals surface area (Å²) in [6, 6.07) is -0.500. The van der Waals surface area contributed by atoms with E-state index in [1.807, 2.05) is 6.92 Å². The molecule has 4 amide bonds. The number of carbonyl (C=O) groups is 3. The molecule has 1 aromatic heterocycles. The van der Waals surface area contributed by atoms with Gasteiger partial charge in [-0.2, -0.15) is 0 Å². The Kier molecular flexibility index (Phi) is 5.49. The smallest absolute Gasteiger partial charge is 0.323 e. The van der Waals surface area contributed by atoms with Crippen molar-refractivity contribution in [1.82, 2.24) is 20.4 Å². The lowest BCUT2D eigenvalue weighted by atomic mass is 9.64. The van der Waals surface area contributed by atoms with E-state index in [1.54, 1.807) is 0 Å². The highest BCUT2D eigenvalue weighted by atomic mass is 32.2. The summed E-state index contributed by atoms with van der Waals surface area (Å²) in [6.45, 7) is 8.00. The van der Waals surface area contributed by atoms with Gasteiger partial charge in [-0.25, -0.2) is 4.79 Å². The molecule has 2 heterocycles. The van der Waals surface area contributed by atoms with Gasteiger partial charge in [-0.15, -0.1) is 10.2 Å². The van der Waals surface area contributed by atoms with E-state index < -0.39 is 17.5 Å². The van der Waals surface area contributed by atoms with Gasteiger partial charge in [0.15, 0.2) is 4.34 Å². The highest BCUT2D eigenvalue weighted by Crippen LogP contribution is 2.46. The number of nitrogens with one attached hydrogen (secondary N) is 2. The third kappa shape index (κ3) is 4.26. The maximum atomic E-state index is 13.0. The second-order valence-electron chi connectivity index (χ2n) is 8.11. The van der Waals surface area contributed by atoms with Crippen LogP contribution in [0.15, 0.2) is 4.34 Å². The molecular weight excluding hydrogens is 386 g/mol. The van der Waals surface area contributed by atoms with Crippen LogP contribution >= 0.6 is 23.1 Å². The first-order valence-corrected chi connectivity index (χ1v) is 10.8. The van der Waals surface area contributed by atoms with Crippen molar-refractivity contribution in [1.29, 1.82) is 0 Å². The number of hydrogen-bond acceptors (Lipinski definition) is 7. The lowest BCUT2D eigenvalue weighted by Gasteiger charge is -2.43. The van der Waals surface area contributed by atoms with Gasteiger partial charge in [-0.3, -0.25) is 19.8 Å². The number of anilines is 1. The van der Waals surface area contributed by atoms with Gasteiger partial charge in [-0.05, 0) is 36.3 Å². The summed E-state index contributed by atoms with van der Waals surface area (Å²) in [7, 11) is 0. The van der Waals surface area contributed by atoms with Gasteiger partial charge in [0.05, 0.1) is 0 Å². The van der Waals surface area contributed by atoms with Crippen LogP contribution in [0.3, 0.4) is 0 Å². The Morgan fingerprint density at radius 2 is 2.11 bits per heavy atom. The van der Waals surface area contributed by atoms with Crippen molar-refractivity contribution < 1.29 is 14.4 Å². The summed E-state index contributed by atoms with van der Waals surface area (Å²) in [5.74, 6) is 0.425. The average molecular weight is 412 g/mol. The minimum absolute atomic E-state index is 0.0429. The molecule has 0 aromatic carbocycles. The van der Waals surface area contributed by atoms with E-state index >= 15 is 0 Å². The van der Waals surface area contributed by atoms with E-state index in [9.17, 15) is 14.4 Å². The molecule has 10 heteroatoms. The minimum Gasteiger partial charge on any atom is -0.323 e. The Hall–Kier alpha value is -1.68. The molecule has 1 saturated heterocycles. The Labute approximate surface area is 166 Å². The predicted molar refractivity (Wildman–Crippen MR) is 105 cm³/mol. The lowest BCUT2D eigenvalue weighted by molar-refractivity contribution is -0.136. The van der Waals surface area contributed by atoms with Crippen molar-refractivity contribution >= 4 is 46.1 Å². The molecule has 2 atom stereocenters. The molecule has 0 radical (unpaired) electrons. The Morgan fingerprint density at radius 1 is 1.37 bits per heavy atom. The van der Waals surface area contributed by atoms with E-state index in [2.05, 4.69) is 41.6 Å². The summed E-state index contributed by atoms with van der Waals surface area (Å²) in [6.07, 6.45) is 2.20. The summed E-state index contributed by atoms with van der Waals surface area (Å²) in [5.41, 5.74) is -0.940. The fourth-order valence-electron chi connectivity index (χ4n) is 4.39. The molecule has 8 nitrogen and oxygen atoms in total. The van der Waals surface area contributed by atoms with Crippen LogP contribution in [0.25, 0.3) is 0 Å². The maximum absolute atomic E-state index is 13.0. The van der Waals surface area contributed by atoms with Gasteiger partial charge in [0.1, 0.15) is 12.1 Å². The van der Waals surface area contributed by atoms with Gasteiger partial charge in [0.25, 0.3) is 5.91 Å². The van der Waals surface area contributed by atoms with Crippen molar-refractivity contribution in [2.45, 2.75) is 56.8 Å². The topological polar surface area (TPSA) is 104 Å². The first-order chi connectivity index (χ1) is 12.6. The van der Waals surface area contributed by atoms with Crippen molar-refractivity contribution in [2.24, 2.45) is 11.3 Å². The number of thioether (sulfide) groups is 1. The van der Waals surface area contributed by atoms with E-state index in [0.717, 1.165) is 21.4 Å². The number of amides is 4. The summed E-state index contributed by atoms with van der Waals surface area (Å²) < 4.78 is 0.764. The van der Waals surface area contributed by atoms with E-state index in [-0.39, 0.29) is 17.9 Å².